The van der Waals surface area contributed by atoms with Crippen LogP contribution in [-0.2, 0) is 11.3 Å². The maximum Gasteiger partial charge on any atom is 0.225 e. The molecule has 1 N–H and O–H groups in total. The van der Waals surface area contributed by atoms with E-state index in [1.807, 2.05) is 24.2 Å². The first kappa shape index (κ1) is 22.7. The zero-order chi connectivity index (χ0) is 22.5. The van der Waals surface area contributed by atoms with Crippen LogP contribution in [0.5, 0.6) is 0 Å². The van der Waals surface area contributed by atoms with Crippen LogP contribution < -0.4 is 5.32 Å². The number of anilines is 1. The van der Waals surface area contributed by atoms with Gasteiger partial charge in [0.05, 0.1) is 0 Å². The Labute approximate surface area is 195 Å². The van der Waals surface area contributed by atoms with Gasteiger partial charge in [0.25, 0.3) is 0 Å². The second kappa shape index (κ2) is 10.5. The second-order valence-electron chi connectivity index (χ2n) is 8.82. The number of rotatable bonds is 6. The number of carbonyl (C=O) groups excluding carboxylic acids is 2. The molecule has 0 saturated carbocycles. The summed E-state index contributed by atoms with van der Waals surface area (Å²) in [4.78, 5) is 34.5. The Balaban J connectivity index is 1.23. The van der Waals surface area contributed by atoms with E-state index in [4.69, 9.17) is 11.6 Å². The highest BCUT2D eigenvalue weighted by Gasteiger charge is 2.32. The summed E-state index contributed by atoms with van der Waals surface area (Å²) in [6.07, 6.45) is 5.10. The van der Waals surface area contributed by atoms with Crippen molar-refractivity contribution in [1.82, 2.24) is 14.8 Å². The Bertz CT molecular complexity index is 933. The standard InChI is InChI=1S/C25H31ClN4O2/c1-27-23-16-18(6-11-28-23)17-29-12-7-21(8-13-29)25(32)30-14-9-20(10-15-30)24(31)19-2-4-22(26)5-3-19/h2-6,11,16,20-21H,7-10,12-15,17H2,1H3,(H,27,28). The normalized spacial score (nSPS) is 18.5. The SMILES string of the molecule is CNc1cc(CN2CCC(C(=O)N3CCC(C(=O)c4ccc(Cl)cc4)CC3)CC2)ccn1. The third-order valence-corrected chi connectivity index (χ3v) is 6.98. The van der Waals surface area contributed by atoms with Crippen molar-refractivity contribution < 1.29 is 9.59 Å². The lowest BCUT2D eigenvalue weighted by Gasteiger charge is -2.37. The molecule has 1 aromatic heterocycles. The molecule has 3 heterocycles. The number of nitrogens with one attached hydrogen (secondary N) is 1. The van der Waals surface area contributed by atoms with Crippen LogP contribution in [0.4, 0.5) is 5.82 Å². The maximum atomic E-state index is 13.1. The minimum Gasteiger partial charge on any atom is -0.373 e. The third kappa shape index (κ3) is 5.48. The fraction of sp³-hybridized carbons (Fsp3) is 0.480. The number of Topliss-reactive ketones (excluding diaryl/α,β-unsaturated/α-hetero) is 1. The molecule has 0 atom stereocenters. The maximum absolute atomic E-state index is 13.1. The van der Waals surface area contributed by atoms with E-state index in [1.54, 1.807) is 24.3 Å². The molecule has 1 aromatic carbocycles. The number of ketones is 1. The van der Waals surface area contributed by atoms with E-state index in [0.29, 0.717) is 23.7 Å². The molecule has 6 nitrogen and oxygen atoms in total. The van der Waals surface area contributed by atoms with Gasteiger partial charge >= 0.3 is 0 Å². The quantitative estimate of drug-likeness (QED) is 0.665. The number of benzene rings is 1. The topological polar surface area (TPSA) is 65.5 Å². The number of carbonyl (C=O) groups is 2. The number of halogens is 1. The van der Waals surface area contributed by atoms with E-state index >= 15 is 0 Å². The van der Waals surface area contributed by atoms with Crippen LogP contribution in [0.2, 0.25) is 5.02 Å². The monoisotopic (exact) mass is 454 g/mol. The largest absolute Gasteiger partial charge is 0.373 e. The van der Waals surface area contributed by atoms with Gasteiger partial charge in [-0.3, -0.25) is 14.5 Å². The molecular formula is C25H31ClN4O2. The van der Waals surface area contributed by atoms with Crippen molar-refractivity contribution >= 4 is 29.1 Å². The van der Waals surface area contributed by atoms with Gasteiger partial charge in [0.15, 0.2) is 5.78 Å². The number of nitrogens with zero attached hydrogens (tertiary/aromatic N) is 3. The zero-order valence-corrected chi connectivity index (χ0v) is 19.4. The summed E-state index contributed by atoms with van der Waals surface area (Å²) >= 11 is 5.93. The number of hydrogen-bond donors (Lipinski definition) is 1. The van der Waals surface area contributed by atoms with Gasteiger partial charge in [0.1, 0.15) is 5.82 Å². The Kier molecular flexibility index (Phi) is 7.43. The smallest absolute Gasteiger partial charge is 0.225 e. The molecule has 170 valence electrons. The van der Waals surface area contributed by atoms with E-state index in [0.717, 1.165) is 51.1 Å². The van der Waals surface area contributed by atoms with Gasteiger partial charge in [0.2, 0.25) is 5.91 Å². The highest BCUT2D eigenvalue weighted by molar-refractivity contribution is 6.30. The third-order valence-electron chi connectivity index (χ3n) is 6.73. The van der Waals surface area contributed by atoms with Crippen LogP contribution in [0, 0.1) is 11.8 Å². The predicted octanol–water partition coefficient (Wildman–Crippen LogP) is 4.11. The summed E-state index contributed by atoms with van der Waals surface area (Å²) in [5, 5.41) is 3.71. The van der Waals surface area contributed by atoms with Gasteiger partial charge in [-0.15, -0.1) is 0 Å². The number of hydrogen-bond acceptors (Lipinski definition) is 5. The molecule has 7 heteroatoms. The summed E-state index contributed by atoms with van der Waals surface area (Å²) in [6, 6.07) is 11.2. The molecular weight excluding hydrogens is 424 g/mol. The fourth-order valence-electron chi connectivity index (χ4n) is 4.78. The summed E-state index contributed by atoms with van der Waals surface area (Å²) in [5.41, 5.74) is 1.95. The molecule has 0 bridgehead atoms. The first-order chi connectivity index (χ1) is 15.5. The number of likely N-dealkylation sites (tertiary alicyclic amines) is 2. The van der Waals surface area contributed by atoms with Crippen LogP contribution >= 0.6 is 11.6 Å². The summed E-state index contributed by atoms with van der Waals surface area (Å²) in [7, 11) is 1.87. The molecule has 0 aliphatic carbocycles. The van der Waals surface area contributed by atoms with Crippen molar-refractivity contribution in [3.63, 3.8) is 0 Å². The molecule has 2 aromatic rings. The average Bonchev–Trinajstić information content (AvgIpc) is 2.84. The van der Waals surface area contributed by atoms with Crippen molar-refractivity contribution in [2.45, 2.75) is 32.2 Å². The number of pyridine rings is 1. The van der Waals surface area contributed by atoms with Crippen LogP contribution in [0.3, 0.4) is 0 Å². The minimum atomic E-state index is -0.00932. The lowest BCUT2D eigenvalue weighted by atomic mass is 9.87. The van der Waals surface area contributed by atoms with E-state index in [2.05, 4.69) is 21.3 Å². The number of piperidine rings is 2. The van der Waals surface area contributed by atoms with Crippen LogP contribution in [0.25, 0.3) is 0 Å². The lowest BCUT2D eigenvalue weighted by Crippen LogP contribution is -2.46. The fourth-order valence-corrected chi connectivity index (χ4v) is 4.90. The molecule has 2 aliphatic rings. The first-order valence-electron chi connectivity index (χ1n) is 11.5. The van der Waals surface area contributed by atoms with Crippen molar-refractivity contribution in [2.75, 3.05) is 38.5 Å². The number of aromatic nitrogens is 1. The molecule has 0 radical (unpaired) electrons. The zero-order valence-electron chi connectivity index (χ0n) is 18.6. The highest BCUT2D eigenvalue weighted by Crippen LogP contribution is 2.27. The van der Waals surface area contributed by atoms with E-state index in [-0.39, 0.29) is 23.5 Å². The Morgan fingerprint density at radius 2 is 1.66 bits per heavy atom. The molecule has 2 fully saturated rings. The van der Waals surface area contributed by atoms with Crippen molar-refractivity contribution in [3.8, 4) is 0 Å². The molecule has 1 amide bonds. The van der Waals surface area contributed by atoms with Gasteiger partial charge < -0.3 is 10.2 Å². The van der Waals surface area contributed by atoms with Gasteiger partial charge in [-0.05, 0) is 80.7 Å². The molecule has 0 spiro atoms. The van der Waals surface area contributed by atoms with Gasteiger partial charge in [0, 0.05) is 55.3 Å². The first-order valence-corrected chi connectivity index (χ1v) is 11.8. The van der Waals surface area contributed by atoms with Crippen LogP contribution in [-0.4, -0.2) is 59.7 Å². The van der Waals surface area contributed by atoms with E-state index in [9.17, 15) is 9.59 Å². The predicted molar refractivity (Wildman–Crippen MR) is 127 cm³/mol. The lowest BCUT2D eigenvalue weighted by molar-refractivity contribution is -0.138. The van der Waals surface area contributed by atoms with E-state index < -0.39 is 0 Å². The molecule has 32 heavy (non-hydrogen) atoms. The van der Waals surface area contributed by atoms with Crippen LogP contribution in [0.1, 0.15) is 41.6 Å². The Morgan fingerprint density at radius 3 is 2.31 bits per heavy atom. The highest BCUT2D eigenvalue weighted by atomic mass is 35.5. The number of amides is 1. The average molecular weight is 455 g/mol. The Hall–Kier alpha value is -2.44. The minimum absolute atomic E-state index is 0.00932. The van der Waals surface area contributed by atoms with Gasteiger partial charge in [-0.2, -0.15) is 0 Å². The molecule has 0 unspecified atom stereocenters. The van der Waals surface area contributed by atoms with Crippen molar-refractivity contribution in [2.24, 2.45) is 11.8 Å². The summed E-state index contributed by atoms with van der Waals surface area (Å²) in [5.74, 6) is 1.40. The van der Waals surface area contributed by atoms with Crippen molar-refractivity contribution in [3.05, 3.63) is 58.7 Å². The molecule has 2 aliphatic heterocycles. The van der Waals surface area contributed by atoms with E-state index in [1.165, 1.54) is 5.56 Å². The van der Waals surface area contributed by atoms with Crippen LogP contribution in [0.15, 0.2) is 42.6 Å². The molecule has 2 saturated heterocycles. The summed E-state index contributed by atoms with van der Waals surface area (Å²) in [6.45, 7) is 4.09. The van der Waals surface area contributed by atoms with Gasteiger partial charge in [-0.1, -0.05) is 11.6 Å². The van der Waals surface area contributed by atoms with Crippen molar-refractivity contribution in [1.29, 1.82) is 0 Å². The Morgan fingerprint density at radius 1 is 1.00 bits per heavy atom. The molecule has 4 rings (SSSR count). The summed E-state index contributed by atoms with van der Waals surface area (Å²) < 4.78 is 0. The van der Waals surface area contributed by atoms with Gasteiger partial charge in [-0.25, -0.2) is 4.98 Å². The second-order valence-corrected chi connectivity index (χ2v) is 9.26.